The number of amides is 1. The Morgan fingerprint density at radius 3 is 2.53 bits per heavy atom. The summed E-state index contributed by atoms with van der Waals surface area (Å²) in [5.74, 6) is 0.183. The largest absolute Gasteiger partial charge is 0.342 e. The Balaban J connectivity index is 2.47. The molecule has 1 atom stereocenters. The van der Waals surface area contributed by atoms with Crippen LogP contribution in [0.1, 0.15) is 31.9 Å². The molecule has 4 heteroatoms. The lowest BCUT2D eigenvalue weighted by molar-refractivity contribution is -0.132. The average Bonchev–Trinajstić information content (AvgIpc) is 2.73. The van der Waals surface area contributed by atoms with E-state index in [-0.39, 0.29) is 11.9 Å². The van der Waals surface area contributed by atoms with Crippen LogP contribution >= 0.6 is 11.3 Å². The van der Waals surface area contributed by atoms with Crippen LogP contribution in [0.5, 0.6) is 0 Å². The molecule has 0 fully saturated rings. The summed E-state index contributed by atoms with van der Waals surface area (Å²) in [5, 5.41) is 7.56. The number of aryl methyl sites for hydroxylation is 1. The molecular formula is C13H22N2OS. The Labute approximate surface area is 108 Å². The van der Waals surface area contributed by atoms with E-state index in [2.05, 4.69) is 23.0 Å². The van der Waals surface area contributed by atoms with Gasteiger partial charge in [0.25, 0.3) is 0 Å². The fourth-order valence-electron chi connectivity index (χ4n) is 1.73. The number of nitrogens with zero attached hydrogens (tertiary/aromatic N) is 1. The van der Waals surface area contributed by atoms with Crippen molar-refractivity contribution in [2.75, 3.05) is 13.1 Å². The minimum atomic E-state index is -0.116. The Kier molecular flexibility index (Phi) is 5.65. The molecule has 0 bridgehead atoms. The van der Waals surface area contributed by atoms with Gasteiger partial charge < -0.3 is 10.2 Å². The van der Waals surface area contributed by atoms with Crippen LogP contribution in [0.3, 0.4) is 0 Å². The highest BCUT2D eigenvalue weighted by molar-refractivity contribution is 7.08. The van der Waals surface area contributed by atoms with E-state index in [4.69, 9.17) is 0 Å². The number of nitrogens with one attached hydrogen (secondary N) is 1. The summed E-state index contributed by atoms with van der Waals surface area (Å²) in [4.78, 5) is 13.9. The van der Waals surface area contributed by atoms with Crippen LogP contribution in [0, 0.1) is 6.92 Å². The molecule has 17 heavy (non-hydrogen) atoms. The van der Waals surface area contributed by atoms with Gasteiger partial charge >= 0.3 is 0 Å². The summed E-state index contributed by atoms with van der Waals surface area (Å²) < 4.78 is 0. The van der Waals surface area contributed by atoms with Crippen LogP contribution in [0.15, 0.2) is 10.8 Å². The maximum absolute atomic E-state index is 12.0. The first-order valence-electron chi connectivity index (χ1n) is 6.13. The number of hydrogen-bond acceptors (Lipinski definition) is 3. The van der Waals surface area contributed by atoms with Crippen molar-refractivity contribution in [3.05, 3.63) is 21.9 Å². The summed E-state index contributed by atoms with van der Waals surface area (Å²) in [6, 6.07) is -0.116. The molecule has 1 N–H and O–H groups in total. The third kappa shape index (κ3) is 3.82. The van der Waals surface area contributed by atoms with Crippen molar-refractivity contribution in [3.8, 4) is 0 Å². The van der Waals surface area contributed by atoms with Gasteiger partial charge in [0.15, 0.2) is 0 Å². The Morgan fingerprint density at radius 2 is 2.06 bits per heavy atom. The molecule has 0 saturated heterocycles. The average molecular weight is 254 g/mol. The Morgan fingerprint density at radius 1 is 1.41 bits per heavy atom. The van der Waals surface area contributed by atoms with Gasteiger partial charge in [-0.05, 0) is 49.6 Å². The zero-order valence-corrected chi connectivity index (χ0v) is 11.9. The molecule has 3 nitrogen and oxygen atoms in total. The first-order valence-corrected chi connectivity index (χ1v) is 7.08. The molecule has 1 amide bonds. The number of carbonyl (C=O) groups excluding carboxylic acids is 1. The summed E-state index contributed by atoms with van der Waals surface area (Å²) in [6.45, 7) is 10.4. The second-order valence-corrected chi connectivity index (χ2v) is 4.94. The molecule has 0 radical (unpaired) electrons. The van der Waals surface area contributed by atoms with Crippen LogP contribution in [0.2, 0.25) is 0 Å². The molecule has 1 aromatic rings. The Hall–Kier alpha value is -0.870. The first kappa shape index (κ1) is 14.2. The zero-order valence-electron chi connectivity index (χ0n) is 11.1. The monoisotopic (exact) mass is 254 g/mol. The molecule has 1 heterocycles. The fraction of sp³-hybridized carbons (Fsp3) is 0.615. The number of hydrogen-bond donors (Lipinski definition) is 1. The first-order chi connectivity index (χ1) is 8.10. The van der Waals surface area contributed by atoms with Crippen LogP contribution in [0.4, 0.5) is 0 Å². The van der Waals surface area contributed by atoms with Gasteiger partial charge in [-0.15, -0.1) is 0 Å². The molecule has 0 aliphatic heterocycles. The predicted octanol–water partition coefficient (Wildman–Crippen LogP) is 2.40. The van der Waals surface area contributed by atoms with Crippen molar-refractivity contribution < 1.29 is 4.79 Å². The standard InChI is InChI=1S/C13H22N2OS/c1-5-15(6-2)13(16)11(4)14-7-12-9-17-8-10(12)3/h8-9,11,14H,5-7H2,1-4H3. The maximum atomic E-state index is 12.0. The van der Waals surface area contributed by atoms with Gasteiger partial charge in [0.05, 0.1) is 6.04 Å². The van der Waals surface area contributed by atoms with E-state index in [1.807, 2.05) is 25.7 Å². The van der Waals surface area contributed by atoms with Gasteiger partial charge in [0, 0.05) is 19.6 Å². The molecular weight excluding hydrogens is 232 g/mol. The lowest BCUT2D eigenvalue weighted by atomic mass is 10.2. The molecule has 1 rings (SSSR count). The van der Waals surface area contributed by atoms with Gasteiger partial charge in [-0.2, -0.15) is 11.3 Å². The van der Waals surface area contributed by atoms with Crippen molar-refractivity contribution in [1.29, 1.82) is 0 Å². The lowest BCUT2D eigenvalue weighted by Crippen LogP contribution is -2.44. The van der Waals surface area contributed by atoms with E-state index < -0.39 is 0 Å². The fourth-order valence-corrected chi connectivity index (χ4v) is 2.58. The number of rotatable bonds is 6. The summed E-state index contributed by atoms with van der Waals surface area (Å²) in [6.07, 6.45) is 0. The maximum Gasteiger partial charge on any atom is 0.239 e. The van der Waals surface area contributed by atoms with Gasteiger partial charge in [-0.1, -0.05) is 0 Å². The smallest absolute Gasteiger partial charge is 0.239 e. The highest BCUT2D eigenvalue weighted by Gasteiger charge is 2.17. The minimum absolute atomic E-state index is 0.116. The topological polar surface area (TPSA) is 32.3 Å². The van der Waals surface area contributed by atoms with Crippen LogP contribution in [-0.4, -0.2) is 29.9 Å². The second-order valence-electron chi connectivity index (χ2n) is 4.19. The van der Waals surface area contributed by atoms with Gasteiger partial charge in [-0.25, -0.2) is 0 Å². The number of thiophene rings is 1. The van der Waals surface area contributed by atoms with Crippen molar-refractivity contribution in [1.82, 2.24) is 10.2 Å². The number of likely N-dealkylation sites (N-methyl/N-ethyl adjacent to an activating group) is 1. The van der Waals surface area contributed by atoms with Crippen LogP contribution in [-0.2, 0) is 11.3 Å². The predicted molar refractivity (Wildman–Crippen MR) is 73.3 cm³/mol. The molecule has 1 aromatic heterocycles. The highest BCUT2D eigenvalue weighted by atomic mass is 32.1. The SMILES string of the molecule is CCN(CC)C(=O)C(C)NCc1cscc1C. The van der Waals surface area contributed by atoms with Gasteiger partial charge in [0.2, 0.25) is 5.91 Å². The molecule has 0 aliphatic carbocycles. The van der Waals surface area contributed by atoms with Crippen LogP contribution < -0.4 is 5.32 Å². The summed E-state index contributed by atoms with van der Waals surface area (Å²) in [7, 11) is 0. The quantitative estimate of drug-likeness (QED) is 0.845. The van der Waals surface area contributed by atoms with Crippen molar-refractivity contribution in [2.24, 2.45) is 0 Å². The molecule has 0 saturated carbocycles. The highest BCUT2D eigenvalue weighted by Crippen LogP contribution is 2.13. The molecule has 1 unspecified atom stereocenters. The van der Waals surface area contributed by atoms with E-state index in [0.717, 1.165) is 19.6 Å². The van der Waals surface area contributed by atoms with Gasteiger partial charge in [0.1, 0.15) is 0 Å². The van der Waals surface area contributed by atoms with E-state index in [0.29, 0.717) is 0 Å². The normalized spacial score (nSPS) is 12.5. The minimum Gasteiger partial charge on any atom is -0.342 e. The third-order valence-electron chi connectivity index (χ3n) is 3.01. The summed E-state index contributed by atoms with van der Waals surface area (Å²) >= 11 is 1.71. The van der Waals surface area contributed by atoms with Gasteiger partial charge in [-0.3, -0.25) is 4.79 Å². The van der Waals surface area contributed by atoms with Crippen molar-refractivity contribution in [2.45, 2.75) is 40.3 Å². The Bertz CT molecular complexity index is 358. The number of carbonyl (C=O) groups is 1. The van der Waals surface area contributed by atoms with E-state index in [9.17, 15) is 4.79 Å². The van der Waals surface area contributed by atoms with E-state index in [1.54, 1.807) is 11.3 Å². The van der Waals surface area contributed by atoms with Crippen molar-refractivity contribution in [3.63, 3.8) is 0 Å². The lowest BCUT2D eigenvalue weighted by Gasteiger charge is -2.23. The zero-order chi connectivity index (χ0) is 12.8. The third-order valence-corrected chi connectivity index (χ3v) is 3.92. The molecule has 0 aliphatic rings. The molecule has 0 spiro atoms. The summed E-state index contributed by atoms with van der Waals surface area (Å²) in [5.41, 5.74) is 2.58. The molecule has 96 valence electrons. The molecule has 0 aromatic carbocycles. The van der Waals surface area contributed by atoms with Crippen molar-refractivity contribution >= 4 is 17.2 Å². The second kappa shape index (κ2) is 6.77. The van der Waals surface area contributed by atoms with E-state index >= 15 is 0 Å². The van der Waals surface area contributed by atoms with Crippen LogP contribution in [0.25, 0.3) is 0 Å². The van der Waals surface area contributed by atoms with E-state index in [1.165, 1.54) is 11.1 Å².